The maximum Gasteiger partial charge on any atom is 0.170 e. The monoisotopic (exact) mass is 489 g/mol. The molecule has 1 aromatic carbocycles. The molecule has 1 saturated heterocycles. The number of hydrogen-bond donors (Lipinski definition) is 3. The van der Waals surface area contributed by atoms with Crippen LogP contribution in [0.3, 0.4) is 0 Å². The second kappa shape index (κ2) is 14.1. The lowest BCUT2D eigenvalue weighted by atomic mass is 10.2. The van der Waals surface area contributed by atoms with Gasteiger partial charge in [-0.2, -0.15) is 0 Å². The first-order chi connectivity index (χ1) is 16.6. The summed E-state index contributed by atoms with van der Waals surface area (Å²) in [5.41, 5.74) is 7.68. The lowest BCUT2D eigenvalue weighted by molar-refractivity contribution is 0.128. The van der Waals surface area contributed by atoms with E-state index in [0.29, 0.717) is 17.5 Å². The summed E-state index contributed by atoms with van der Waals surface area (Å²) in [4.78, 5) is 9.06. The lowest BCUT2D eigenvalue weighted by Crippen LogP contribution is -2.48. The third-order valence-electron chi connectivity index (χ3n) is 5.99. The van der Waals surface area contributed by atoms with Gasteiger partial charge in [0.2, 0.25) is 0 Å². The van der Waals surface area contributed by atoms with Gasteiger partial charge in [0.15, 0.2) is 16.6 Å². The Labute approximate surface area is 208 Å². The standard InChI is InChI=1S/C24H39N7O2S/c1-20-18-26-19-31(20)10-3-8-27-24(34)28-21-5-6-22(23(17-21)32-2)33-16-4-9-29-12-14-30(11-7-25)15-13-29/h5-6,17-19H,3-4,7-16,25H2,1-2H3,(H2,27,28,34). The first-order valence-corrected chi connectivity index (χ1v) is 12.5. The molecule has 3 rings (SSSR count). The number of nitrogens with one attached hydrogen (secondary N) is 2. The maximum atomic E-state index is 6.00. The van der Waals surface area contributed by atoms with Crippen molar-refractivity contribution in [2.75, 3.05) is 71.4 Å². The minimum Gasteiger partial charge on any atom is -0.493 e. The minimum atomic E-state index is 0.588. The number of anilines is 1. The molecule has 1 aromatic heterocycles. The molecule has 0 unspecified atom stereocenters. The van der Waals surface area contributed by atoms with Crippen LogP contribution in [0.4, 0.5) is 5.69 Å². The van der Waals surface area contributed by atoms with Gasteiger partial charge in [-0.25, -0.2) is 4.98 Å². The van der Waals surface area contributed by atoms with Crippen molar-refractivity contribution in [2.45, 2.75) is 26.3 Å². The number of methoxy groups -OCH3 is 1. The molecule has 4 N–H and O–H groups in total. The van der Waals surface area contributed by atoms with Crippen molar-refractivity contribution in [2.24, 2.45) is 5.73 Å². The number of aromatic nitrogens is 2. The average Bonchev–Trinajstić information content (AvgIpc) is 3.26. The number of benzene rings is 1. The summed E-state index contributed by atoms with van der Waals surface area (Å²) in [6.45, 7) is 11.6. The van der Waals surface area contributed by atoms with Crippen LogP contribution < -0.4 is 25.8 Å². The van der Waals surface area contributed by atoms with Crippen LogP contribution in [0, 0.1) is 6.92 Å². The Kier molecular flexibility index (Phi) is 10.9. The summed E-state index contributed by atoms with van der Waals surface area (Å²) < 4.78 is 13.7. The SMILES string of the molecule is COc1cc(NC(=S)NCCCn2cncc2C)ccc1OCCCN1CCN(CCN)CC1. The van der Waals surface area contributed by atoms with Crippen LogP contribution in [-0.2, 0) is 6.54 Å². The molecule has 10 heteroatoms. The summed E-state index contributed by atoms with van der Waals surface area (Å²) >= 11 is 5.43. The lowest BCUT2D eigenvalue weighted by Gasteiger charge is -2.34. The molecule has 34 heavy (non-hydrogen) atoms. The number of thiocarbonyl (C=S) groups is 1. The van der Waals surface area contributed by atoms with Crippen molar-refractivity contribution in [3.8, 4) is 11.5 Å². The predicted molar refractivity (Wildman–Crippen MR) is 141 cm³/mol. The number of nitrogens with two attached hydrogens (primary N) is 1. The van der Waals surface area contributed by atoms with E-state index in [9.17, 15) is 0 Å². The fourth-order valence-corrected chi connectivity index (χ4v) is 4.22. The Morgan fingerprint density at radius 3 is 2.53 bits per heavy atom. The van der Waals surface area contributed by atoms with Gasteiger partial charge in [0.05, 0.1) is 20.0 Å². The van der Waals surface area contributed by atoms with Crippen LogP contribution in [0.25, 0.3) is 0 Å². The summed E-state index contributed by atoms with van der Waals surface area (Å²) in [5.74, 6) is 1.44. The zero-order valence-electron chi connectivity index (χ0n) is 20.5. The molecule has 0 aliphatic carbocycles. The van der Waals surface area contributed by atoms with Gasteiger partial charge in [0, 0.05) is 82.5 Å². The fourth-order valence-electron chi connectivity index (χ4n) is 4.00. The summed E-state index contributed by atoms with van der Waals surface area (Å²) in [5, 5.41) is 7.06. The Morgan fingerprint density at radius 2 is 1.85 bits per heavy atom. The Morgan fingerprint density at radius 1 is 1.09 bits per heavy atom. The molecular weight excluding hydrogens is 450 g/mol. The first-order valence-electron chi connectivity index (χ1n) is 12.1. The largest absolute Gasteiger partial charge is 0.493 e. The van der Waals surface area contributed by atoms with E-state index >= 15 is 0 Å². The highest BCUT2D eigenvalue weighted by atomic mass is 32.1. The maximum absolute atomic E-state index is 6.00. The van der Waals surface area contributed by atoms with Crippen molar-refractivity contribution >= 4 is 23.0 Å². The zero-order valence-corrected chi connectivity index (χ0v) is 21.3. The van der Waals surface area contributed by atoms with E-state index in [1.54, 1.807) is 7.11 Å². The molecule has 1 fully saturated rings. The van der Waals surface area contributed by atoms with Crippen LogP contribution >= 0.6 is 12.2 Å². The van der Waals surface area contributed by atoms with Gasteiger partial charge < -0.3 is 35.3 Å². The predicted octanol–water partition coefficient (Wildman–Crippen LogP) is 1.92. The number of ether oxygens (including phenoxy) is 2. The Balaban J connectivity index is 1.34. The van der Waals surface area contributed by atoms with E-state index in [4.69, 9.17) is 27.4 Å². The highest BCUT2D eigenvalue weighted by Gasteiger charge is 2.15. The number of nitrogens with zero attached hydrogens (tertiary/aromatic N) is 4. The van der Waals surface area contributed by atoms with Gasteiger partial charge in [0.1, 0.15) is 0 Å². The number of hydrogen-bond acceptors (Lipinski definition) is 7. The molecule has 2 heterocycles. The molecule has 9 nitrogen and oxygen atoms in total. The molecule has 0 saturated carbocycles. The number of imidazole rings is 1. The normalized spacial score (nSPS) is 14.7. The number of rotatable bonds is 13. The van der Waals surface area contributed by atoms with Crippen LogP contribution in [0.1, 0.15) is 18.5 Å². The van der Waals surface area contributed by atoms with E-state index in [2.05, 4.69) is 36.9 Å². The summed E-state index contributed by atoms with van der Waals surface area (Å²) in [6, 6.07) is 5.80. The first kappa shape index (κ1) is 26.2. The molecule has 1 aliphatic rings. The van der Waals surface area contributed by atoms with E-state index < -0.39 is 0 Å². The minimum absolute atomic E-state index is 0.588. The van der Waals surface area contributed by atoms with Gasteiger partial charge in [-0.3, -0.25) is 4.90 Å². The number of aryl methyl sites for hydroxylation is 2. The smallest absolute Gasteiger partial charge is 0.170 e. The van der Waals surface area contributed by atoms with Crippen molar-refractivity contribution in [3.63, 3.8) is 0 Å². The third-order valence-corrected chi connectivity index (χ3v) is 6.24. The van der Waals surface area contributed by atoms with E-state index in [1.807, 2.05) is 30.7 Å². The van der Waals surface area contributed by atoms with Gasteiger partial charge in [-0.15, -0.1) is 0 Å². The summed E-state index contributed by atoms with van der Waals surface area (Å²) in [6.07, 6.45) is 5.66. The van der Waals surface area contributed by atoms with Crippen molar-refractivity contribution in [1.82, 2.24) is 24.7 Å². The van der Waals surface area contributed by atoms with Crippen LogP contribution in [0.2, 0.25) is 0 Å². The average molecular weight is 490 g/mol. The van der Waals surface area contributed by atoms with Gasteiger partial charge in [0.25, 0.3) is 0 Å². The highest BCUT2D eigenvalue weighted by Crippen LogP contribution is 2.30. The van der Waals surface area contributed by atoms with Crippen molar-refractivity contribution in [1.29, 1.82) is 0 Å². The van der Waals surface area contributed by atoms with Crippen molar-refractivity contribution in [3.05, 3.63) is 36.4 Å². The molecule has 2 aromatic rings. The van der Waals surface area contributed by atoms with E-state index in [-0.39, 0.29) is 0 Å². The highest BCUT2D eigenvalue weighted by molar-refractivity contribution is 7.80. The summed E-state index contributed by atoms with van der Waals surface area (Å²) in [7, 11) is 1.65. The third kappa shape index (κ3) is 8.43. The number of piperazine rings is 1. The van der Waals surface area contributed by atoms with E-state index in [0.717, 1.165) is 88.9 Å². The fraction of sp³-hybridized carbons (Fsp3) is 0.583. The topological polar surface area (TPSA) is 92.8 Å². The van der Waals surface area contributed by atoms with Crippen LogP contribution in [0.15, 0.2) is 30.7 Å². The molecular formula is C24H39N7O2S. The molecule has 0 spiro atoms. The Hall–Kier alpha value is -2.40. The van der Waals surface area contributed by atoms with Crippen LogP contribution in [-0.4, -0.2) is 90.5 Å². The van der Waals surface area contributed by atoms with Crippen molar-refractivity contribution < 1.29 is 9.47 Å². The van der Waals surface area contributed by atoms with Gasteiger partial charge in [-0.1, -0.05) is 0 Å². The Bertz CT molecular complexity index is 884. The molecule has 0 atom stereocenters. The van der Waals surface area contributed by atoms with Gasteiger partial charge >= 0.3 is 0 Å². The second-order valence-electron chi connectivity index (χ2n) is 8.50. The van der Waals surface area contributed by atoms with Crippen LogP contribution in [0.5, 0.6) is 11.5 Å². The molecule has 0 radical (unpaired) electrons. The van der Waals surface area contributed by atoms with Gasteiger partial charge in [-0.05, 0) is 44.1 Å². The molecule has 188 valence electrons. The molecule has 0 amide bonds. The van der Waals surface area contributed by atoms with E-state index in [1.165, 1.54) is 0 Å². The quantitative estimate of drug-likeness (QED) is 0.288. The molecule has 0 bridgehead atoms. The molecule has 1 aliphatic heterocycles. The second-order valence-corrected chi connectivity index (χ2v) is 8.91. The zero-order chi connectivity index (χ0) is 24.2.